The predicted octanol–water partition coefficient (Wildman–Crippen LogP) is 12.7. The molecule has 11 rings (SSSR count). The lowest BCUT2D eigenvalue weighted by Crippen LogP contribution is -2.47. The van der Waals surface area contributed by atoms with E-state index in [9.17, 15) is 0 Å². The fourth-order valence-corrected chi connectivity index (χ4v) is 10.0. The molecule has 0 bridgehead atoms. The molecule has 4 atom stereocenters. The molecule has 4 aliphatic rings. The molecule has 4 unspecified atom stereocenters. The summed E-state index contributed by atoms with van der Waals surface area (Å²) in [4.78, 5) is 16.0. The van der Waals surface area contributed by atoms with Crippen molar-refractivity contribution in [3.8, 4) is 11.1 Å². The SMILES string of the molecule is CC1(C2=Nc3ccccc3C3(C)c4cccc(-c5c6ccccc6c(C6=NC(c7ccccc7)N=C(c7ccccc7)N6)c6ccccc56)c4C=CC23)C=CC=CC1. The van der Waals surface area contributed by atoms with E-state index in [4.69, 9.17) is 15.0 Å². The van der Waals surface area contributed by atoms with Crippen LogP contribution in [0, 0.1) is 11.3 Å². The minimum atomic E-state index is -0.390. The highest BCUT2D eigenvalue weighted by Gasteiger charge is 2.50. The van der Waals surface area contributed by atoms with Crippen LogP contribution in [-0.2, 0) is 5.41 Å². The number of amidine groups is 2. The molecule has 0 saturated heterocycles. The first-order valence-electron chi connectivity index (χ1n) is 20.3. The van der Waals surface area contributed by atoms with E-state index in [-0.39, 0.29) is 22.9 Å². The van der Waals surface area contributed by atoms with Gasteiger partial charge in [0.2, 0.25) is 0 Å². The van der Waals surface area contributed by atoms with Crippen LogP contribution in [0.5, 0.6) is 0 Å². The van der Waals surface area contributed by atoms with Crippen molar-refractivity contribution in [2.75, 3.05) is 0 Å². The Hall–Kier alpha value is -6.91. The van der Waals surface area contributed by atoms with Gasteiger partial charge in [0.1, 0.15) is 11.7 Å². The third kappa shape index (κ3) is 5.25. The summed E-state index contributed by atoms with van der Waals surface area (Å²) in [5, 5.41) is 8.39. The zero-order chi connectivity index (χ0) is 38.8. The molecule has 7 aromatic carbocycles. The highest BCUT2D eigenvalue weighted by molar-refractivity contribution is 6.29. The van der Waals surface area contributed by atoms with Crippen molar-refractivity contribution >= 4 is 50.7 Å². The van der Waals surface area contributed by atoms with Crippen molar-refractivity contribution in [1.29, 1.82) is 0 Å². The molecule has 0 amide bonds. The molecule has 58 heavy (non-hydrogen) atoms. The molecule has 2 aliphatic carbocycles. The van der Waals surface area contributed by atoms with E-state index in [2.05, 4.69) is 195 Å². The van der Waals surface area contributed by atoms with Gasteiger partial charge in [-0.15, -0.1) is 0 Å². The molecule has 2 heterocycles. The van der Waals surface area contributed by atoms with Crippen LogP contribution in [0.25, 0.3) is 38.7 Å². The van der Waals surface area contributed by atoms with Crippen LogP contribution in [0.15, 0.2) is 197 Å². The second kappa shape index (κ2) is 13.3. The van der Waals surface area contributed by atoms with Crippen molar-refractivity contribution in [2.24, 2.45) is 26.3 Å². The number of benzene rings is 7. The standard InChI is InChI=1S/C54H42N4/c1-53(33-16-5-17-34-53)49-45-32-31-37-38(27-18-29-43(37)54(45,2)44-28-14-15-30-46(44)55-49)47-39-23-10-12-25-41(39)48(42-26-13-11-24-40(42)47)52-57-50(35-19-6-3-7-20-35)56-51(58-52)36-21-8-4-9-22-36/h3-33,45,50H,34H2,1-2H3,(H,56,57,58). The number of nitrogens with zero attached hydrogens (tertiary/aromatic N) is 3. The third-order valence-electron chi connectivity index (χ3n) is 12.9. The fourth-order valence-electron chi connectivity index (χ4n) is 10.0. The van der Waals surface area contributed by atoms with E-state index < -0.39 is 0 Å². The first-order valence-corrected chi connectivity index (χ1v) is 20.3. The first-order chi connectivity index (χ1) is 28.5. The summed E-state index contributed by atoms with van der Waals surface area (Å²) in [6.07, 6.45) is 14.4. The van der Waals surface area contributed by atoms with E-state index in [1.54, 1.807) is 0 Å². The van der Waals surface area contributed by atoms with Crippen LogP contribution in [0.1, 0.15) is 59.8 Å². The Labute approximate surface area is 339 Å². The van der Waals surface area contributed by atoms with E-state index in [1.807, 2.05) is 12.1 Å². The maximum Gasteiger partial charge on any atom is 0.169 e. The van der Waals surface area contributed by atoms with Gasteiger partial charge in [-0.1, -0.05) is 196 Å². The van der Waals surface area contributed by atoms with Crippen molar-refractivity contribution in [3.05, 3.63) is 215 Å². The maximum absolute atomic E-state index is 5.46. The molecule has 4 heteroatoms. The maximum atomic E-state index is 5.46. The van der Waals surface area contributed by atoms with Gasteiger partial charge in [0, 0.05) is 33.6 Å². The number of hydrogen-bond acceptors (Lipinski definition) is 4. The first kappa shape index (κ1) is 34.3. The third-order valence-corrected chi connectivity index (χ3v) is 12.9. The van der Waals surface area contributed by atoms with Gasteiger partial charge in [-0.2, -0.15) is 0 Å². The number of hydrogen-bond donors (Lipinski definition) is 1. The van der Waals surface area contributed by atoms with Crippen molar-refractivity contribution in [3.63, 3.8) is 0 Å². The number of fused-ring (bicyclic) bond motifs is 7. The molecule has 0 aromatic heterocycles. The molecule has 0 fully saturated rings. The number of allylic oxidation sites excluding steroid dienone is 5. The summed E-state index contributed by atoms with van der Waals surface area (Å²) in [5.41, 5.74) is 11.3. The number of aliphatic imine (C=N–C) groups is 3. The lowest BCUT2D eigenvalue weighted by atomic mass is 9.56. The Kier molecular flexibility index (Phi) is 7.91. The van der Waals surface area contributed by atoms with Crippen LogP contribution >= 0.6 is 0 Å². The van der Waals surface area contributed by atoms with Gasteiger partial charge in [-0.3, -0.25) is 4.99 Å². The molecule has 4 nitrogen and oxygen atoms in total. The van der Waals surface area contributed by atoms with Gasteiger partial charge in [0.15, 0.2) is 6.17 Å². The Morgan fingerprint density at radius 1 is 0.586 bits per heavy atom. The molecule has 0 spiro atoms. The van der Waals surface area contributed by atoms with E-state index in [1.165, 1.54) is 44.3 Å². The second-order valence-electron chi connectivity index (χ2n) is 16.3. The molecule has 2 aliphatic heterocycles. The van der Waals surface area contributed by atoms with Gasteiger partial charge < -0.3 is 5.32 Å². The lowest BCUT2D eigenvalue weighted by molar-refractivity contribution is 0.453. The molecular formula is C54H42N4. The van der Waals surface area contributed by atoms with Gasteiger partial charge >= 0.3 is 0 Å². The van der Waals surface area contributed by atoms with Gasteiger partial charge in [-0.25, -0.2) is 9.98 Å². The Bertz CT molecular complexity index is 2930. The summed E-state index contributed by atoms with van der Waals surface area (Å²) in [5.74, 6) is 1.74. The number of nitrogens with one attached hydrogen (secondary N) is 1. The monoisotopic (exact) mass is 746 g/mol. The molecule has 1 N–H and O–H groups in total. The Morgan fingerprint density at radius 2 is 1.21 bits per heavy atom. The smallest absolute Gasteiger partial charge is 0.169 e. The predicted molar refractivity (Wildman–Crippen MR) is 242 cm³/mol. The summed E-state index contributed by atoms with van der Waals surface area (Å²) in [6, 6.07) is 54.2. The fraction of sp³-hybridized carbons (Fsp3) is 0.130. The molecular weight excluding hydrogens is 705 g/mol. The Morgan fingerprint density at radius 3 is 1.91 bits per heavy atom. The molecule has 278 valence electrons. The van der Waals surface area contributed by atoms with Gasteiger partial charge in [0.05, 0.1) is 5.69 Å². The zero-order valence-electron chi connectivity index (χ0n) is 32.6. The average molecular weight is 747 g/mol. The molecule has 0 saturated carbocycles. The van der Waals surface area contributed by atoms with Crippen molar-refractivity contribution in [1.82, 2.24) is 5.32 Å². The normalized spacial score (nSPS) is 23.0. The van der Waals surface area contributed by atoms with Crippen LogP contribution in [0.2, 0.25) is 0 Å². The second-order valence-corrected chi connectivity index (χ2v) is 16.3. The largest absolute Gasteiger partial charge is 0.324 e. The quantitative estimate of drug-likeness (QED) is 0.175. The molecule has 7 aromatic rings. The van der Waals surface area contributed by atoms with E-state index in [0.29, 0.717) is 0 Å². The minimum absolute atomic E-state index is 0.107. The summed E-state index contributed by atoms with van der Waals surface area (Å²) in [6.45, 7) is 4.80. The minimum Gasteiger partial charge on any atom is -0.324 e. The van der Waals surface area contributed by atoms with Crippen LogP contribution < -0.4 is 5.32 Å². The zero-order valence-corrected chi connectivity index (χ0v) is 32.6. The van der Waals surface area contributed by atoms with Gasteiger partial charge in [0.25, 0.3) is 0 Å². The number of rotatable bonds is 5. The van der Waals surface area contributed by atoms with Crippen LogP contribution in [-0.4, -0.2) is 17.4 Å². The van der Waals surface area contributed by atoms with Crippen LogP contribution in [0.3, 0.4) is 0 Å². The van der Waals surface area contributed by atoms with Gasteiger partial charge in [-0.05, 0) is 67.4 Å². The van der Waals surface area contributed by atoms with E-state index in [0.717, 1.165) is 51.2 Å². The average Bonchev–Trinajstić information content (AvgIpc) is 3.28. The van der Waals surface area contributed by atoms with E-state index >= 15 is 0 Å². The summed E-state index contributed by atoms with van der Waals surface area (Å²) >= 11 is 0. The van der Waals surface area contributed by atoms with Crippen molar-refractivity contribution < 1.29 is 0 Å². The highest BCUT2D eigenvalue weighted by atomic mass is 15.2. The summed E-state index contributed by atoms with van der Waals surface area (Å²) < 4.78 is 0. The van der Waals surface area contributed by atoms with Crippen LogP contribution in [0.4, 0.5) is 5.69 Å². The molecule has 0 radical (unpaired) electrons. The highest BCUT2D eigenvalue weighted by Crippen LogP contribution is 2.56. The summed E-state index contributed by atoms with van der Waals surface area (Å²) in [7, 11) is 0. The van der Waals surface area contributed by atoms with Crippen molar-refractivity contribution in [2.45, 2.75) is 31.8 Å². The topological polar surface area (TPSA) is 49.1 Å². The number of para-hydroxylation sites is 1. The lowest BCUT2D eigenvalue weighted by Gasteiger charge is -2.48. The Balaban J connectivity index is 1.13.